The van der Waals surface area contributed by atoms with Crippen LogP contribution in [0.2, 0.25) is 0 Å². The third-order valence-electron chi connectivity index (χ3n) is 4.81. The second kappa shape index (κ2) is 10.6. The number of halogens is 3. The zero-order valence-electron chi connectivity index (χ0n) is 15.2. The van der Waals surface area contributed by atoms with Gasteiger partial charge in [-0.15, -0.1) is 52.4 Å². The van der Waals surface area contributed by atoms with Crippen LogP contribution in [0.15, 0.2) is 93.1 Å². The van der Waals surface area contributed by atoms with Crippen LogP contribution in [0.1, 0.15) is 22.6 Å². The molecule has 1 aliphatic carbocycles. The van der Waals surface area contributed by atoms with Crippen LogP contribution in [0.4, 0.5) is 0 Å². The van der Waals surface area contributed by atoms with Gasteiger partial charge in [-0.1, -0.05) is 73.2 Å². The Balaban J connectivity index is 0.000000204. The zero-order valence-corrected chi connectivity index (χ0v) is 21.6. The van der Waals surface area contributed by atoms with Crippen LogP contribution in [0, 0.1) is 6.08 Å². The predicted molar refractivity (Wildman–Crippen MR) is 114 cm³/mol. The van der Waals surface area contributed by atoms with Crippen molar-refractivity contribution in [1.82, 2.24) is 0 Å². The fourth-order valence-electron chi connectivity index (χ4n) is 3.59. The summed E-state index contributed by atoms with van der Waals surface area (Å²) in [5, 5.41) is 2.60. The van der Waals surface area contributed by atoms with Gasteiger partial charge in [0.1, 0.15) is 0 Å². The molecule has 0 nitrogen and oxygen atoms in total. The molecule has 0 spiro atoms. The largest absolute Gasteiger partial charge is 4.00 e. The molecule has 6 rings (SSSR count). The van der Waals surface area contributed by atoms with E-state index in [0.717, 1.165) is 4.47 Å². The Morgan fingerprint density at radius 1 is 0.897 bits per heavy atom. The molecule has 1 heterocycles. The summed E-state index contributed by atoms with van der Waals surface area (Å²) in [6.07, 6.45) is 5.63. The molecule has 0 fully saturated rings. The van der Waals surface area contributed by atoms with E-state index in [1.807, 2.05) is 11.8 Å². The van der Waals surface area contributed by atoms with Crippen molar-refractivity contribution in [3.05, 3.63) is 106 Å². The summed E-state index contributed by atoms with van der Waals surface area (Å²) in [6.45, 7) is 0. The van der Waals surface area contributed by atoms with E-state index in [4.69, 9.17) is 0 Å². The van der Waals surface area contributed by atoms with E-state index in [9.17, 15) is 0 Å². The summed E-state index contributed by atoms with van der Waals surface area (Å²) >= 11 is 5.27. The van der Waals surface area contributed by atoms with Crippen molar-refractivity contribution < 1.29 is 51.0 Å². The molecular formula is C24H15BrCl2SZr. The van der Waals surface area contributed by atoms with Crippen LogP contribution in [-0.4, -0.2) is 0 Å². The van der Waals surface area contributed by atoms with Crippen LogP contribution in [0.25, 0.3) is 16.8 Å². The predicted octanol–water partition coefficient (Wildman–Crippen LogP) is 1.44. The van der Waals surface area contributed by atoms with E-state index < -0.39 is 0 Å². The number of hydrogen-bond donors (Lipinski definition) is 0. The summed E-state index contributed by atoms with van der Waals surface area (Å²) in [5.74, 6) is 0.343. The number of hydrogen-bond acceptors (Lipinski definition) is 1. The van der Waals surface area contributed by atoms with E-state index in [1.54, 1.807) is 0 Å². The Morgan fingerprint density at radius 2 is 1.69 bits per heavy atom. The Morgan fingerprint density at radius 3 is 2.52 bits per heavy atom. The van der Waals surface area contributed by atoms with Gasteiger partial charge in [0.2, 0.25) is 0 Å². The fourth-order valence-corrected chi connectivity index (χ4v) is 5.11. The summed E-state index contributed by atoms with van der Waals surface area (Å²) in [5.41, 5.74) is 4.13. The van der Waals surface area contributed by atoms with Gasteiger partial charge < -0.3 is 24.8 Å². The third kappa shape index (κ3) is 4.97. The molecule has 0 N–H and O–H groups in total. The fraction of sp³-hybridized carbons (Fsp3) is 0.0417. The number of rotatable bonds is 0. The van der Waals surface area contributed by atoms with Gasteiger partial charge in [0.05, 0.1) is 0 Å². The minimum absolute atomic E-state index is 0. The van der Waals surface area contributed by atoms with Crippen molar-refractivity contribution in [2.75, 3.05) is 0 Å². The van der Waals surface area contributed by atoms with Gasteiger partial charge in [0, 0.05) is 4.90 Å². The first kappa shape index (κ1) is 24.6. The molecule has 5 heteroatoms. The van der Waals surface area contributed by atoms with E-state index in [0.29, 0.717) is 5.92 Å². The van der Waals surface area contributed by atoms with E-state index in [1.165, 1.54) is 37.3 Å². The number of benzene rings is 3. The Hall–Kier alpha value is -0.697. The molecular weight excluding hydrogens is 562 g/mol. The van der Waals surface area contributed by atoms with E-state index >= 15 is 0 Å². The van der Waals surface area contributed by atoms with Gasteiger partial charge in [-0.05, 0) is 12.1 Å². The molecule has 1 unspecified atom stereocenters. The SMILES string of the molecule is Brc1cc2ccccc2[cH-]1.[C-]1=Cc2c3cccc2C1c1cccc(c1)S3.[Cl-].[Cl-].[Zr+4]. The molecule has 142 valence electrons. The summed E-state index contributed by atoms with van der Waals surface area (Å²) in [6, 6.07) is 27.9. The van der Waals surface area contributed by atoms with E-state index in [-0.39, 0.29) is 51.0 Å². The van der Waals surface area contributed by atoms with Gasteiger partial charge >= 0.3 is 26.2 Å². The minimum Gasteiger partial charge on any atom is -1.00 e. The third-order valence-corrected chi connectivity index (χ3v) is 6.33. The molecule has 0 saturated carbocycles. The first-order chi connectivity index (χ1) is 12.8. The molecule has 0 radical (unpaired) electrons. The maximum Gasteiger partial charge on any atom is 4.00 e. The van der Waals surface area contributed by atoms with Crippen molar-refractivity contribution in [2.24, 2.45) is 0 Å². The minimum atomic E-state index is 0. The molecule has 29 heavy (non-hydrogen) atoms. The molecule has 6 bridgehead atoms. The van der Waals surface area contributed by atoms with Crippen molar-refractivity contribution in [2.45, 2.75) is 15.7 Å². The molecule has 0 aromatic heterocycles. The first-order valence-electron chi connectivity index (χ1n) is 8.59. The van der Waals surface area contributed by atoms with Crippen molar-refractivity contribution >= 4 is 44.5 Å². The first-order valence-corrected chi connectivity index (χ1v) is 10.2. The second-order valence-electron chi connectivity index (χ2n) is 6.48. The standard InChI is InChI=1S/C15H9S.C9H6Br.2ClH.Zr/c1-3-10-9-11(4-1)16-15-6-2-5-13-12(10)7-8-14(13)15;10-9-5-7-3-1-2-4-8(7)6-9;;;/h1-6,8-9,12H;1-6H;2*1H;/q2*-1;;;+4/p-2. The monoisotopic (exact) mass is 574 g/mol. The van der Waals surface area contributed by atoms with E-state index in [2.05, 4.69) is 107 Å². The zero-order chi connectivity index (χ0) is 17.5. The molecule has 1 aliphatic heterocycles. The number of fused-ring (bicyclic) bond motifs is 4. The van der Waals surface area contributed by atoms with Gasteiger partial charge in [-0.25, -0.2) is 6.08 Å². The summed E-state index contributed by atoms with van der Waals surface area (Å²) in [4.78, 5) is 2.68. The maximum absolute atomic E-state index is 3.47. The van der Waals surface area contributed by atoms with Crippen LogP contribution in [0.3, 0.4) is 0 Å². The molecule has 0 amide bonds. The number of allylic oxidation sites excluding steroid dienone is 1. The van der Waals surface area contributed by atoms with Gasteiger partial charge in [0.15, 0.2) is 0 Å². The molecule has 4 aromatic carbocycles. The van der Waals surface area contributed by atoms with Gasteiger partial charge in [-0.2, -0.15) is 11.6 Å². The van der Waals surface area contributed by atoms with Crippen molar-refractivity contribution in [3.8, 4) is 0 Å². The maximum atomic E-state index is 3.47. The molecule has 4 aromatic rings. The summed E-state index contributed by atoms with van der Waals surface area (Å²) < 4.78 is 1.16. The second-order valence-corrected chi connectivity index (χ2v) is 8.51. The average molecular weight is 577 g/mol. The topological polar surface area (TPSA) is 0 Å². The van der Waals surface area contributed by atoms with Gasteiger partial charge in [-0.3, -0.25) is 6.08 Å². The van der Waals surface area contributed by atoms with Crippen LogP contribution in [-0.2, 0) is 26.2 Å². The van der Waals surface area contributed by atoms with Crippen molar-refractivity contribution in [3.63, 3.8) is 0 Å². The van der Waals surface area contributed by atoms with Crippen LogP contribution < -0.4 is 24.8 Å². The summed E-state index contributed by atoms with van der Waals surface area (Å²) in [7, 11) is 0. The molecule has 0 saturated heterocycles. The molecule has 2 aliphatic rings. The molecule has 1 atom stereocenters. The quantitative estimate of drug-likeness (QED) is 0.286. The van der Waals surface area contributed by atoms with Gasteiger partial charge in [0.25, 0.3) is 0 Å². The van der Waals surface area contributed by atoms with Crippen LogP contribution >= 0.6 is 27.7 Å². The average Bonchev–Trinajstić information content (AvgIpc) is 3.26. The smallest absolute Gasteiger partial charge is 1.00 e. The normalized spacial score (nSPS) is 14.3. The Bertz CT molecular complexity index is 1120. The Kier molecular flexibility index (Phi) is 8.94. The van der Waals surface area contributed by atoms with Crippen LogP contribution in [0.5, 0.6) is 0 Å². The Labute approximate surface area is 215 Å². The van der Waals surface area contributed by atoms with Crippen molar-refractivity contribution in [1.29, 1.82) is 0 Å².